The summed E-state index contributed by atoms with van der Waals surface area (Å²) in [6.07, 6.45) is 39.4. The van der Waals surface area contributed by atoms with Gasteiger partial charge in [-0.15, -0.1) is 0 Å². The van der Waals surface area contributed by atoms with Crippen LogP contribution in [0.5, 0.6) is 23.0 Å². The Morgan fingerprint density at radius 1 is 0.372 bits per heavy atom. The van der Waals surface area contributed by atoms with Gasteiger partial charge in [-0.2, -0.15) is 0 Å². The highest BCUT2D eigenvalue weighted by molar-refractivity contribution is 9.10. The van der Waals surface area contributed by atoms with Crippen molar-refractivity contribution in [2.75, 3.05) is 105 Å². The first-order chi connectivity index (χ1) is 65.6. The summed E-state index contributed by atoms with van der Waals surface area (Å²) in [6, 6.07) is 32.8. The van der Waals surface area contributed by atoms with Crippen molar-refractivity contribution in [3.63, 3.8) is 0 Å². The number of carboxylic acids is 1. The molecule has 4 aromatic carbocycles. The average Bonchev–Trinajstić information content (AvgIpc) is 1.68. The van der Waals surface area contributed by atoms with Crippen LogP contribution in [0.25, 0.3) is 6.08 Å². The van der Waals surface area contributed by atoms with E-state index in [9.17, 15) is 28.8 Å². The van der Waals surface area contributed by atoms with Crippen LogP contribution in [-0.4, -0.2) is 222 Å². The molecule has 5 amide bonds. The van der Waals surface area contributed by atoms with Crippen molar-refractivity contribution in [3.8, 4) is 23.0 Å². The topological polar surface area (TPSA) is 298 Å². The predicted octanol–water partition coefficient (Wildman–Crippen LogP) is 17.5. The van der Waals surface area contributed by atoms with E-state index in [0.29, 0.717) is 54.8 Å². The fraction of sp³-hybridized carbons (Fsp3) is 0.527. The first-order valence-electron chi connectivity index (χ1n) is 49.8. The molecule has 8 fully saturated rings. The maximum Gasteiger partial charge on any atom is 0.336 e. The van der Waals surface area contributed by atoms with Crippen molar-refractivity contribution in [3.05, 3.63) is 240 Å². The van der Waals surface area contributed by atoms with Crippen LogP contribution in [0.1, 0.15) is 262 Å². The van der Waals surface area contributed by atoms with Crippen LogP contribution in [0.15, 0.2) is 162 Å². The molecule has 20 rings (SSSR count). The number of carboxylic acid groups (broad SMARTS) is 1. The zero-order chi connectivity index (χ0) is 96.5. The molecule has 12 aliphatic heterocycles. The number of hydrogen-bond donors (Lipinski definition) is 4. The predicted molar refractivity (Wildman–Crippen MR) is 540 cm³/mol. The molecule has 0 bridgehead atoms. The first-order valence-corrected chi connectivity index (χ1v) is 51.4. The summed E-state index contributed by atoms with van der Waals surface area (Å²) in [4.78, 5) is 105. The molecule has 6 N–H and O–H groups in total. The van der Waals surface area contributed by atoms with Gasteiger partial charge >= 0.3 is 5.97 Å². The summed E-state index contributed by atoms with van der Waals surface area (Å²) in [6.45, 7) is 37.9. The maximum absolute atomic E-state index is 13.3. The van der Waals surface area contributed by atoms with Crippen LogP contribution in [0.2, 0.25) is 0 Å². The van der Waals surface area contributed by atoms with Crippen LogP contribution in [0.4, 0.5) is 0 Å². The largest absolute Gasteiger partial charge is 0.487 e. The number of aromatic nitrogens is 4. The lowest BCUT2D eigenvalue weighted by atomic mass is 9.71. The van der Waals surface area contributed by atoms with Crippen molar-refractivity contribution >= 4 is 73.4 Å². The molecule has 730 valence electrons. The third-order valence-corrected chi connectivity index (χ3v) is 32.7. The van der Waals surface area contributed by atoms with Gasteiger partial charge in [0.15, 0.2) is 0 Å². The van der Waals surface area contributed by atoms with Gasteiger partial charge in [0.1, 0.15) is 45.4 Å². The van der Waals surface area contributed by atoms with Gasteiger partial charge in [-0.25, -0.2) is 4.79 Å². The lowest BCUT2D eigenvalue weighted by Gasteiger charge is -2.47. The SMILES string of the molecule is CC1(C)Cc2c(CN3CCC4(CC3)CCN(C(=O)c3ccncc3/C=C/C(N)=O)CC4)cccc2O1.CC1(C)Cc2c(CN3CCC4(CC3)CCN(C(=O)c3ccncc3Br)CC4)cccc2O1.CC1(C)Cc2c(CN3CCC4(CC3)CCN(C(=O)c3ccncc3CCC(N)=O)CC4)cccc2O1.CC1(C)Cc2c(CN3CCC4(CCNCC4)CC3)cccc2O1.O=C(O)c1ccncc1Br. The molecule has 8 aromatic rings. The average molecular weight is 1990 g/mol. The normalized spacial score (nSPS) is 21.1. The number of nitrogens with one attached hydrogen (secondary N) is 1. The summed E-state index contributed by atoms with van der Waals surface area (Å²) in [5.74, 6) is 2.58. The number of carbonyl (C=O) groups is 6. The second-order valence-electron chi connectivity index (χ2n) is 43.2. The molecule has 12 aliphatic rings. The van der Waals surface area contributed by atoms with Gasteiger partial charge < -0.3 is 55.5 Å². The molecule has 27 heteroatoms. The fourth-order valence-corrected chi connectivity index (χ4v) is 23.9. The van der Waals surface area contributed by atoms with E-state index in [1.165, 1.54) is 159 Å². The van der Waals surface area contributed by atoms with E-state index in [0.717, 1.165) is 202 Å². The minimum atomic E-state index is -0.950. The number of rotatable bonds is 17. The van der Waals surface area contributed by atoms with Crippen molar-refractivity contribution in [2.45, 2.75) is 245 Å². The number of ether oxygens (including phenoxy) is 4. The number of hydrogen-bond acceptors (Lipinski definition) is 19. The molecule has 0 radical (unpaired) electrons. The Labute approximate surface area is 826 Å². The second kappa shape index (κ2) is 43.0. The number of benzene rings is 4. The Kier molecular flexibility index (Phi) is 31.4. The molecule has 4 spiro atoms. The van der Waals surface area contributed by atoms with E-state index in [1.54, 1.807) is 55.4 Å². The molecule has 8 saturated heterocycles. The van der Waals surface area contributed by atoms with Gasteiger partial charge in [0.05, 0.1) is 15.6 Å². The Morgan fingerprint density at radius 2 is 0.664 bits per heavy atom. The number of piperidine rings is 8. The smallest absolute Gasteiger partial charge is 0.336 e. The number of fused-ring (bicyclic) bond motifs is 4. The molecule has 4 aromatic heterocycles. The highest BCUT2D eigenvalue weighted by atomic mass is 79.9. The standard InChI is InChI=1S/C29H38N4O3.C29H36N4O3.C26H32BrN3O2.C20H30N2O.C6H4BrNO2/c2*1-28(2)18-24-22(4-3-5-25(24)36-28)20-32-14-9-29(10-15-32)11-16-33(17-12-29)27(35)23-8-13-31-19-21(23)6-7-26(30)34;1-25(2)16-21-19(4-3-5-23(21)32-25)18-29-12-7-26(8-13-29)9-14-30(15-10-26)24(31)20-6-11-28-17-22(20)27;1-19(2)14-17-16(4-3-5-18(17)23-19)15-22-12-8-20(9-13-22)6-10-21-11-7-20;7-5-3-8-2-1-4(5)6(9)10/h3-5,8,13,19H,6-7,9-12,14-18,20H2,1-2H3,(H2,30,34);3-8,13,19H,9-12,14-18,20H2,1-2H3,(H2,30,34);3-6,11,17H,7-10,12-16,18H2,1-2H3;3-5,21H,6-15H2,1-2H3;1-3H,(H,9,10)/b;7-6+;;;. The lowest BCUT2D eigenvalue weighted by molar-refractivity contribution is -0.118. The number of nitrogens with zero attached hydrogens (tertiary/aromatic N) is 11. The summed E-state index contributed by atoms with van der Waals surface area (Å²) in [7, 11) is 0. The number of primary amides is 2. The Hall–Kier alpha value is -10.0. The number of nitrogens with two attached hydrogens (primary N) is 2. The molecule has 137 heavy (non-hydrogen) atoms. The molecular formula is C110H140Br2N14O11. The van der Waals surface area contributed by atoms with E-state index in [-0.39, 0.29) is 58.0 Å². The summed E-state index contributed by atoms with van der Waals surface area (Å²) in [5.41, 5.74) is 26.7. The van der Waals surface area contributed by atoms with Crippen molar-refractivity contribution in [1.29, 1.82) is 0 Å². The minimum Gasteiger partial charge on any atom is -0.487 e. The van der Waals surface area contributed by atoms with Gasteiger partial charge in [-0.3, -0.25) is 63.5 Å². The van der Waals surface area contributed by atoms with Gasteiger partial charge in [0.25, 0.3) is 17.7 Å². The highest BCUT2D eigenvalue weighted by Crippen LogP contribution is 2.49. The molecule has 0 saturated carbocycles. The number of aromatic carboxylic acids is 1. The number of aryl methyl sites for hydroxylation is 1. The monoisotopic (exact) mass is 1990 g/mol. The Balaban J connectivity index is 0.000000129. The molecule has 0 unspecified atom stereocenters. The van der Waals surface area contributed by atoms with Crippen LogP contribution in [0, 0.1) is 21.7 Å². The highest BCUT2D eigenvalue weighted by Gasteiger charge is 2.46. The van der Waals surface area contributed by atoms with Crippen LogP contribution in [-0.2, 0) is 67.9 Å². The van der Waals surface area contributed by atoms with E-state index in [1.807, 2.05) is 20.8 Å². The van der Waals surface area contributed by atoms with Crippen LogP contribution < -0.4 is 35.7 Å². The molecule has 25 nitrogen and oxygen atoms in total. The quantitative estimate of drug-likeness (QED) is 0.0616. The summed E-state index contributed by atoms with van der Waals surface area (Å²) < 4.78 is 25.8. The van der Waals surface area contributed by atoms with E-state index >= 15 is 0 Å². The Bertz CT molecular complexity index is 5650. The Morgan fingerprint density at radius 3 is 0.985 bits per heavy atom. The lowest BCUT2D eigenvalue weighted by Crippen LogP contribution is -2.48. The van der Waals surface area contributed by atoms with Crippen LogP contribution in [0.3, 0.4) is 0 Å². The molecule has 0 aliphatic carbocycles. The third kappa shape index (κ3) is 25.1. The van der Waals surface area contributed by atoms with Gasteiger partial charge in [-0.05, 0) is 366 Å². The van der Waals surface area contributed by atoms with Gasteiger partial charge in [0.2, 0.25) is 11.8 Å². The number of likely N-dealkylation sites (tertiary alicyclic amines) is 7. The molecular weight excluding hydrogens is 1850 g/mol. The third-order valence-electron chi connectivity index (χ3n) is 31.4. The summed E-state index contributed by atoms with van der Waals surface area (Å²) in [5, 5.41) is 12.0. The number of halogens is 2. The van der Waals surface area contributed by atoms with Crippen LogP contribution >= 0.6 is 31.9 Å². The van der Waals surface area contributed by atoms with Crippen molar-refractivity contribution < 1.29 is 52.8 Å². The zero-order valence-electron chi connectivity index (χ0n) is 81.6. The number of carbonyl (C=O) groups excluding carboxylic acids is 5. The van der Waals surface area contributed by atoms with Crippen molar-refractivity contribution in [2.24, 2.45) is 33.1 Å². The first kappa shape index (κ1) is 100.0. The van der Waals surface area contributed by atoms with E-state index in [4.69, 9.17) is 35.5 Å². The molecule has 0 atom stereocenters. The number of pyridine rings is 4. The fourth-order valence-electron chi connectivity index (χ4n) is 23.1. The van der Waals surface area contributed by atoms with Gasteiger partial charge in [0, 0.05) is 197 Å². The minimum absolute atomic E-state index is 0.00289. The van der Waals surface area contributed by atoms with Gasteiger partial charge in [-0.1, -0.05) is 48.5 Å². The zero-order valence-corrected chi connectivity index (χ0v) is 84.7. The van der Waals surface area contributed by atoms with E-state index < -0.39 is 11.9 Å². The van der Waals surface area contributed by atoms with Crippen molar-refractivity contribution in [1.82, 2.24) is 59.6 Å². The number of amides is 5. The summed E-state index contributed by atoms with van der Waals surface area (Å²) >= 11 is 6.52. The second-order valence-corrected chi connectivity index (χ2v) is 44.9. The van der Waals surface area contributed by atoms with E-state index in [2.05, 4.69) is 205 Å². The molecule has 16 heterocycles. The maximum atomic E-state index is 13.3.